The van der Waals surface area contributed by atoms with Gasteiger partial charge in [0.2, 0.25) is 0 Å². The number of carbonyl (C=O) groups is 1. The van der Waals surface area contributed by atoms with Crippen LogP contribution in [0.3, 0.4) is 0 Å². The van der Waals surface area contributed by atoms with E-state index >= 15 is 0 Å². The van der Waals surface area contributed by atoms with Gasteiger partial charge in [0.1, 0.15) is 0 Å². The van der Waals surface area contributed by atoms with Crippen molar-refractivity contribution in [2.24, 2.45) is 5.92 Å². The summed E-state index contributed by atoms with van der Waals surface area (Å²) < 4.78 is 49.6. The highest BCUT2D eigenvalue weighted by atomic mass is 19.3. The molecule has 1 heterocycles. The summed E-state index contributed by atoms with van der Waals surface area (Å²) >= 11 is 0. The van der Waals surface area contributed by atoms with Crippen molar-refractivity contribution in [2.75, 3.05) is 19.6 Å². The lowest BCUT2D eigenvalue weighted by Gasteiger charge is -2.31. The lowest BCUT2D eigenvalue weighted by atomic mass is 10.0. The lowest BCUT2D eigenvalue weighted by molar-refractivity contribution is -0.169. The molecule has 1 atom stereocenters. The Balaban J connectivity index is 2.54. The topological polar surface area (TPSA) is 32.3 Å². The summed E-state index contributed by atoms with van der Waals surface area (Å²) in [6.07, 6.45) is -1.91. The fourth-order valence-corrected chi connectivity index (χ4v) is 2.27. The highest BCUT2D eigenvalue weighted by Gasteiger charge is 2.49. The van der Waals surface area contributed by atoms with Gasteiger partial charge in [-0.2, -0.15) is 8.78 Å². The molecule has 1 unspecified atom stereocenters. The monoisotopic (exact) mass is 284 g/mol. The molecule has 0 radical (unpaired) electrons. The van der Waals surface area contributed by atoms with Gasteiger partial charge in [0.15, 0.2) is 0 Å². The van der Waals surface area contributed by atoms with Crippen molar-refractivity contribution in [1.29, 1.82) is 0 Å². The number of hydrogen-bond donors (Lipinski definition) is 1. The molecule has 112 valence electrons. The van der Waals surface area contributed by atoms with Crippen LogP contribution >= 0.6 is 0 Å². The number of carbonyl (C=O) groups excluding carboxylic acids is 1. The highest BCUT2D eigenvalue weighted by molar-refractivity contribution is 5.83. The van der Waals surface area contributed by atoms with Crippen molar-refractivity contribution in [3.05, 3.63) is 0 Å². The number of rotatable bonds is 6. The predicted octanol–water partition coefficient (Wildman–Crippen LogP) is 2.12. The van der Waals surface area contributed by atoms with Gasteiger partial charge < -0.3 is 5.32 Å². The van der Waals surface area contributed by atoms with Crippen molar-refractivity contribution in [3.63, 3.8) is 0 Å². The molecule has 0 aliphatic carbocycles. The van der Waals surface area contributed by atoms with E-state index in [-0.39, 0.29) is 18.5 Å². The molecule has 0 bridgehead atoms. The molecule has 7 heteroatoms. The molecular weight excluding hydrogens is 264 g/mol. The Morgan fingerprint density at radius 3 is 2.21 bits per heavy atom. The molecule has 1 N–H and O–H groups in total. The summed E-state index contributed by atoms with van der Waals surface area (Å²) in [7, 11) is 0. The van der Waals surface area contributed by atoms with Gasteiger partial charge in [0, 0.05) is 12.6 Å². The van der Waals surface area contributed by atoms with Crippen LogP contribution in [0, 0.1) is 5.92 Å². The molecular formula is C12H20F4N2O. The fourth-order valence-electron chi connectivity index (χ4n) is 2.27. The van der Waals surface area contributed by atoms with Crippen LogP contribution < -0.4 is 5.32 Å². The summed E-state index contributed by atoms with van der Waals surface area (Å²) in [5.74, 6) is -6.36. The highest BCUT2D eigenvalue weighted by Crippen LogP contribution is 2.23. The molecule has 0 aromatic heterocycles. The molecule has 0 aromatic rings. The average molecular weight is 284 g/mol. The predicted molar refractivity (Wildman–Crippen MR) is 63.4 cm³/mol. The minimum absolute atomic E-state index is 0.0290. The van der Waals surface area contributed by atoms with Crippen LogP contribution in [-0.4, -0.2) is 48.8 Å². The van der Waals surface area contributed by atoms with Gasteiger partial charge in [-0.3, -0.25) is 9.69 Å². The van der Waals surface area contributed by atoms with Crippen LogP contribution in [0.4, 0.5) is 17.6 Å². The van der Waals surface area contributed by atoms with Gasteiger partial charge in [0.05, 0.1) is 0 Å². The minimum Gasteiger partial charge on any atom is -0.349 e. The van der Waals surface area contributed by atoms with E-state index in [2.05, 4.69) is 4.90 Å². The van der Waals surface area contributed by atoms with E-state index in [0.717, 1.165) is 25.9 Å². The minimum atomic E-state index is -4.62. The third-order valence-corrected chi connectivity index (χ3v) is 3.43. The standard InChI is InChI=1S/C12H20F4N2O/c1-8(2)9(18-5-3-4-6-18)7-17-11(19)12(15,16)10(13)14/h8-10H,3-7H2,1-2H3,(H,17,19). The molecule has 19 heavy (non-hydrogen) atoms. The Morgan fingerprint density at radius 1 is 1.26 bits per heavy atom. The van der Waals surface area contributed by atoms with Crippen LogP contribution in [0.15, 0.2) is 0 Å². The first-order chi connectivity index (χ1) is 8.76. The molecule has 0 saturated carbocycles. The molecule has 1 aliphatic rings. The van der Waals surface area contributed by atoms with Crippen LogP contribution in [0.5, 0.6) is 0 Å². The molecule has 1 rings (SSSR count). The van der Waals surface area contributed by atoms with Crippen molar-refractivity contribution >= 4 is 5.91 Å². The first-order valence-electron chi connectivity index (χ1n) is 6.45. The zero-order valence-electron chi connectivity index (χ0n) is 11.1. The normalized spacial score (nSPS) is 19.2. The number of nitrogens with zero attached hydrogens (tertiary/aromatic N) is 1. The van der Waals surface area contributed by atoms with Crippen LogP contribution in [0.1, 0.15) is 26.7 Å². The quantitative estimate of drug-likeness (QED) is 0.758. The molecule has 1 aliphatic heterocycles. The van der Waals surface area contributed by atoms with E-state index in [4.69, 9.17) is 0 Å². The maximum atomic E-state index is 12.8. The lowest BCUT2D eigenvalue weighted by Crippen LogP contribution is -2.51. The first-order valence-corrected chi connectivity index (χ1v) is 6.45. The largest absolute Gasteiger partial charge is 0.383 e. The Bertz CT molecular complexity index is 304. The smallest absolute Gasteiger partial charge is 0.349 e. The Kier molecular flexibility index (Phi) is 5.58. The van der Waals surface area contributed by atoms with Gasteiger partial charge in [-0.05, 0) is 31.8 Å². The number of halogens is 4. The van der Waals surface area contributed by atoms with Gasteiger partial charge in [-0.25, -0.2) is 8.78 Å². The van der Waals surface area contributed by atoms with Gasteiger partial charge in [0.25, 0.3) is 5.91 Å². The van der Waals surface area contributed by atoms with E-state index in [1.54, 1.807) is 0 Å². The van der Waals surface area contributed by atoms with E-state index in [0.29, 0.717) is 0 Å². The molecule has 1 saturated heterocycles. The van der Waals surface area contributed by atoms with Gasteiger partial charge in [-0.1, -0.05) is 13.8 Å². The van der Waals surface area contributed by atoms with Crippen LogP contribution in [0.25, 0.3) is 0 Å². The Labute approximate surface area is 110 Å². The molecule has 1 fully saturated rings. The molecule has 0 aromatic carbocycles. The Hall–Kier alpha value is -0.850. The zero-order valence-corrected chi connectivity index (χ0v) is 11.1. The van der Waals surface area contributed by atoms with Gasteiger partial charge in [-0.15, -0.1) is 0 Å². The van der Waals surface area contributed by atoms with Crippen molar-refractivity contribution < 1.29 is 22.4 Å². The average Bonchev–Trinajstić information content (AvgIpc) is 2.81. The molecule has 0 spiro atoms. The number of likely N-dealkylation sites (tertiary alicyclic amines) is 1. The van der Waals surface area contributed by atoms with Crippen LogP contribution in [0.2, 0.25) is 0 Å². The second-order valence-corrected chi connectivity index (χ2v) is 5.19. The summed E-state index contributed by atoms with van der Waals surface area (Å²) in [5, 5.41) is 1.95. The third kappa shape index (κ3) is 4.06. The summed E-state index contributed by atoms with van der Waals surface area (Å²) in [6, 6.07) is -0.0973. The molecule has 1 amide bonds. The Morgan fingerprint density at radius 2 is 1.79 bits per heavy atom. The van der Waals surface area contributed by atoms with E-state index in [9.17, 15) is 22.4 Å². The number of amides is 1. The zero-order chi connectivity index (χ0) is 14.6. The van der Waals surface area contributed by atoms with Crippen LogP contribution in [-0.2, 0) is 4.79 Å². The van der Waals surface area contributed by atoms with Crippen molar-refractivity contribution in [1.82, 2.24) is 10.2 Å². The van der Waals surface area contributed by atoms with E-state index < -0.39 is 18.3 Å². The summed E-state index contributed by atoms with van der Waals surface area (Å²) in [4.78, 5) is 13.2. The number of hydrogen-bond acceptors (Lipinski definition) is 2. The summed E-state index contributed by atoms with van der Waals surface area (Å²) in [5.41, 5.74) is 0. The van der Waals surface area contributed by atoms with Crippen molar-refractivity contribution in [3.8, 4) is 0 Å². The molecule has 3 nitrogen and oxygen atoms in total. The summed E-state index contributed by atoms with van der Waals surface area (Å²) in [6.45, 7) is 5.51. The van der Waals surface area contributed by atoms with Gasteiger partial charge >= 0.3 is 12.3 Å². The SMILES string of the molecule is CC(C)C(CNC(=O)C(F)(F)C(F)F)N1CCCC1. The van der Waals surface area contributed by atoms with Crippen molar-refractivity contribution in [2.45, 2.75) is 45.1 Å². The first kappa shape index (κ1) is 16.2. The number of nitrogens with one attached hydrogen (secondary N) is 1. The fraction of sp³-hybridized carbons (Fsp3) is 0.917. The number of alkyl halides is 4. The third-order valence-electron chi connectivity index (χ3n) is 3.43. The maximum absolute atomic E-state index is 12.8. The maximum Gasteiger partial charge on any atom is 0.383 e. The van der Waals surface area contributed by atoms with E-state index in [1.807, 2.05) is 19.2 Å². The second kappa shape index (κ2) is 6.54. The second-order valence-electron chi connectivity index (χ2n) is 5.19. The van der Waals surface area contributed by atoms with E-state index in [1.165, 1.54) is 0 Å².